The molecule has 0 saturated heterocycles. The van der Waals surface area contributed by atoms with Gasteiger partial charge in [0.05, 0.1) is 12.3 Å². The molecule has 90 valence electrons. The van der Waals surface area contributed by atoms with Crippen LogP contribution in [-0.4, -0.2) is 10.3 Å². The summed E-state index contributed by atoms with van der Waals surface area (Å²) in [7, 11) is 0. The first-order valence-corrected chi connectivity index (χ1v) is 5.53. The van der Waals surface area contributed by atoms with Crippen LogP contribution in [0.25, 0.3) is 0 Å². The van der Waals surface area contributed by atoms with Crippen molar-refractivity contribution in [2.45, 2.75) is 19.6 Å². The van der Waals surface area contributed by atoms with Gasteiger partial charge in [-0.1, -0.05) is 16.8 Å². The fourth-order valence-corrected chi connectivity index (χ4v) is 1.62. The van der Waals surface area contributed by atoms with Gasteiger partial charge in [-0.3, -0.25) is 0 Å². The summed E-state index contributed by atoms with van der Waals surface area (Å²) >= 11 is 5.87. The molecule has 1 heterocycles. The number of nitrogens with zero attached hydrogens (tertiary/aromatic N) is 1. The van der Waals surface area contributed by atoms with Crippen molar-refractivity contribution in [1.29, 1.82) is 0 Å². The van der Waals surface area contributed by atoms with Crippen molar-refractivity contribution >= 4 is 11.6 Å². The van der Waals surface area contributed by atoms with E-state index in [9.17, 15) is 5.11 Å². The number of hydrogen-bond acceptors (Lipinski definition) is 4. The number of aliphatic hydroxyl groups excluding tert-OH is 1. The Morgan fingerprint density at radius 2 is 2.35 bits per heavy atom. The smallest absolute Gasteiger partial charge is 0.130 e. The van der Waals surface area contributed by atoms with Crippen molar-refractivity contribution in [3.8, 4) is 5.75 Å². The molecule has 1 aromatic heterocycles. The first kappa shape index (κ1) is 12.0. The molecule has 0 fully saturated rings. The Labute approximate surface area is 104 Å². The average molecular weight is 254 g/mol. The van der Waals surface area contributed by atoms with Gasteiger partial charge < -0.3 is 14.4 Å². The van der Waals surface area contributed by atoms with E-state index >= 15 is 0 Å². The summed E-state index contributed by atoms with van der Waals surface area (Å²) in [6.07, 6.45) is 2.46. The van der Waals surface area contributed by atoms with Gasteiger partial charge in [-0.25, -0.2) is 0 Å². The predicted molar refractivity (Wildman–Crippen MR) is 62.9 cm³/mol. The zero-order valence-corrected chi connectivity index (χ0v) is 10.0. The summed E-state index contributed by atoms with van der Waals surface area (Å²) in [6.45, 7) is 2.00. The van der Waals surface area contributed by atoms with Crippen molar-refractivity contribution in [2.75, 3.05) is 0 Å². The van der Waals surface area contributed by atoms with Gasteiger partial charge in [-0.05, 0) is 25.1 Å². The van der Waals surface area contributed by atoms with Crippen molar-refractivity contribution in [1.82, 2.24) is 5.16 Å². The number of ether oxygens (including phenoxy) is 1. The van der Waals surface area contributed by atoms with Gasteiger partial charge >= 0.3 is 0 Å². The fraction of sp³-hybridized carbons (Fsp3) is 0.250. The van der Waals surface area contributed by atoms with Crippen LogP contribution in [0.5, 0.6) is 5.75 Å². The third kappa shape index (κ3) is 2.99. The van der Waals surface area contributed by atoms with Crippen LogP contribution in [0.3, 0.4) is 0 Å². The first-order chi connectivity index (χ1) is 8.16. The second-order valence-corrected chi connectivity index (χ2v) is 4.12. The quantitative estimate of drug-likeness (QED) is 0.910. The second kappa shape index (κ2) is 5.21. The lowest BCUT2D eigenvalue weighted by Crippen LogP contribution is -2.00. The van der Waals surface area contributed by atoms with E-state index in [0.29, 0.717) is 22.9 Å². The van der Waals surface area contributed by atoms with Gasteiger partial charge in [-0.2, -0.15) is 0 Å². The average Bonchev–Trinajstić information content (AvgIpc) is 2.80. The highest BCUT2D eigenvalue weighted by Gasteiger charge is 2.10. The van der Waals surface area contributed by atoms with Crippen LogP contribution in [0.2, 0.25) is 5.02 Å². The molecule has 17 heavy (non-hydrogen) atoms. The van der Waals surface area contributed by atoms with E-state index < -0.39 is 6.10 Å². The van der Waals surface area contributed by atoms with Gasteiger partial charge in [0, 0.05) is 16.1 Å². The Kier molecular flexibility index (Phi) is 3.66. The molecule has 0 bridgehead atoms. The van der Waals surface area contributed by atoms with Crippen LogP contribution in [0.15, 0.2) is 35.2 Å². The van der Waals surface area contributed by atoms with Gasteiger partial charge in [0.2, 0.25) is 0 Å². The Morgan fingerprint density at radius 1 is 1.53 bits per heavy atom. The lowest BCUT2D eigenvalue weighted by molar-refractivity contribution is 0.190. The molecule has 0 amide bonds. The van der Waals surface area contributed by atoms with Crippen LogP contribution >= 0.6 is 11.6 Å². The number of halogens is 1. The van der Waals surface area contributed by atoms with Gasteiger partial charge in [0.25, 0.3) is 0 Å². The molecule has 4 nitrogen and oxygen atoms in total. The largest absolute Gasteiger partial charge is 0.488 e. The third-order valence-corrected chi connectivity index (χ3v) is 2.53. The normalized spacial score (nSPS) is 12.4. The summed E-state index contributed by atoms with van der Waals surface area (Å²) in [5.74, 6) is 0.602. The van der Waals surface area contributed by atoms with Crippen molar-refractivity contribution in [3.05, 3.63) is 46.8 Å². The molecule has 0 spiro atoms. The molecule has 1 N–H and O–H groups in total. The molecule has 5 heteroatoms. The molecule has 0 aliphatic heterocycles. The van der Waals surface area contributed by atoms with E-state index in [2.05, 4.69) is 5.16 Å². The summed E-state index contributed by atoms with van der Waals surface area (Å²) in [5.41, 5.74) is 1.49. The Bertz CT molecular complexity index is 483. The van der Waals surface area contributed by atoms with Crippen LogP contribution in [0, 0.1) is 0 Å². The van der Waals surface area contributed by atoms with Gasteiger partial charge in [-0.15, -0.1) is 0 Å². The monoisotopic (exact) mass is 253 g/mol. The number of benzene rings is 1. The fourth-order valence-electron chi connectivity index (χ4n) is 1.44. The predicted octanol–water partition coefficient (Wildman–Crippen LogP) is 2.96. The maximum atomic E-state index is 9.62. The van der Waals surface area contributed by atoms with Crippen LogP contribution in [0.1, 0.15) is 24.2 Å². The molecule has 1 aromatic carbocycles. The zero-order valence-electron chi connectivity index (χ0n) is 9.26. The van der Waals surface area contributed by atoms with Crippen LogP contribution < -0.4 is 4.74 Å². The molecular formula is C12H12ClNO3. The number of aromatic nitrogens is 1. The van der Waals surface area contributed by atoms with E-state index in [1.54, 1.807) is 31.3 Å². The highest BCUT2D eigenvalue weighted by molar-refractivity contribution is 6.30. The molecule has 1 unspecified atom stereocenters. The number of aliphatic hydroxyl groups is 1. The van der Waals surface area contributed by atoms with Gasteiger partial charge in [0.15, 0.2) is 0 Å². The van der Waals surface area contributed by atoms with Crippen molar-refractivity contribution < 1.29 is 14.4 Å². The maximum absolute atomic E-state index is 9.62. The van der Waals surface area contributed by atoms with Gasteiger partial charge in [0.1, 0.15) is 18.6 Å². The van der Waals surface area contributed by atoms with Crippen molar-refractivity contribution in [3.63, 3.8) is 0 Å². The molecule has 1 atom stereocenters. The lowest BCUT2D eigenvalue weighted by Gasteiger charge is -2.13. The third-order valence-electron chi connectivity index (χ3n) is 2.30. The minimum atomic E-state index is -0.633. The molecule has 0 radical (unpaired) electrons. The van der Waals surface area contributed by atoms with E-state index in [4.69, 9.17) is 20.9 Å². The summed E-state index contributed by atoms with van der Waals surface area (Å²) < 4.78 is 10.3. The maximum Gasteiger partial charge on any atom is 0.130 e. The second-order valence-electron chi connectivity index (χ2n) is 3.68. The van der Waals surface area contributed by atoms with E-state index in [1.165, 1.54) is 6.26 Å². The minimum Gasteiger partial charge on any atom is -0.488 e. The molecule has 2 rings (SSSR count). The van der Waals surface area contributed by atoms with E-state index in [-0.39, 0.29) is 0 Å². The zero-order chi connectivity index (χ0) is 12.3. The molecule has 2 aromatic rings. The summed E-state index contributed by atoms with van der Waals surface area (Å²) in [6, 6.07) is 5.14. The van der Waals surface area contributed by atoms with E-state index in [0.717, 1.165) is 5.56 Å². The topological polar surface area (TPSA) is 55.5 Å². The molecule has 0 aliphatic rings. The van der Waals surface area contributed by atoms with Crippen molar-refractivity contribution in [2.24, 2.45) is 0 Å². The Balaban J connectivity index is 2.14. The lowest BCUT2D eigenvalue weighted by atomic mass is 10.1. The van der Waals surface area contributed by atoms with E-state index in [1.807, 2.05) is 0 Å². The molecule has 0 aliphatic carbocycles. The number of rotatable bonds is 4. The standard InChI is InChI=1S/C12H12ClNO3/c1-8(15)11-4-10(13)2-3-12(11)16-6-9-5-14-17-7-9/h2-5,7-8,15H,6H2,1H3. The minimum absolute atomic E-state index is 0.338. The van der Waals surface area contributed by atoms with Crippen LogP contribution in [0.4, 0.5) is 0 Å². The highest BCUT2D eigenvalue weighted by Crippen LogP contribution is 2.28. The number of hydrogen-bond donors (Lipinski definition) is 1. The SMILES string of the molecule is CC(O)c1cc(Cl)ccc1OCc1cnoc1. The molecular weight excluding hydrogens is 242 g/mol. The Morgan fingerprint density at radius 3 is 3.00 bits per heavy atom. The first-order valence-electron chi connectivity index (χ1n) is 5.15. The molecule has 0 saturated carbocycles. The Hall–Kier alpha value is -1.52. The summed E-state index contributed by atoms with van der Waals surface area (Å²) in [5, 5.41) is 13.8. The summed E-state index contributed by atoms with van der Waals surface area (Å²) in [4.78, 5) is 0. The highest BCUT2D eigenvalue weighted by atomic mass is 35.5. The van der Waals surface area contributed by atoms with Crippen LogP contribution in [-0.2, 0) is 6.61 Å².